The van der Waals surface area contributed by atoms with E-state index in [1.165, 1.54) is 11.6 Å². The van der Waals surface area contributed by atoms with Crippen molar-refractivity contribution in [3.63, 3.8) is 0 Å². The van der Waals surface area contributed by atoms with Crippen LogP contribution in [-0.4, -0.2) is 18.5 Å². The topological polar surface area (TPSA) is 32.3 Å². The largest absolute Gasteiger partial charge is 0.308 e. The van der Waals surface area contributed by atoms with E-state index in [4.69, 9.17) is 0 Å². The normalized spacial score (nSPS) is 16.6. The molecule has 0 aromatic heterocycles. The average molecular weight is 298 g/mol. The Morgan fingerprint density at radius 1 is 1.23 bits per heavy atom. The molecule has 1 amide bonds. The summed E-state index contributed by atoms with van der Waals surface area (Å²) in [6.45, 7) is 2.60. The van der Waals surface area contributed by atoms with Crippen LogP contribution in [0.15, 0.2) is 48.5 Å². The molecule has 3 rings (SSSR count). The monoisotopic (exact) mass is 298 g/mol. The molecule has 0 bridgehead atoms. The van der Waals surface area contributed by atoms with Crippen molar-refractivity contribution in [2.45, 2.75) is 25.9 Å². The molecule has 2 aromatic rings. The number of fused-ring (bicyclic) bond motifs is 1. The van der Waals surface area contributed by atoms with Gasteiger partial charge < -0.3 is 10.2 Å². The summed E-state index contributed by atoms with van der Waals surface area (Å²) < 4.78 is 13.5. The fraction of sp³-hybridized carbons (Fsp3) is 0.278. The lowest BCUT2D eigenvalue weighted by Crippen LogP contribution is -2.41. The standard InChI is InChI=1S/C18H19FN2O/c1-13-10-14-6-3-5-9-17(14)21(13)18(22)12-20-11-15-7-2-4-8-16(15)19/h2-9,13,20H,10-12H2,1H3. The molecule has 1 unspecified atom stereocenters. The van der Waals surface area contributed by atoms with E-state index >= 15 is 0 Å². The average Bonchev–Trinajstić information content (AvgIpc) is 2.85. The van der Waals surface area contributed by atoms with Gasteiger partial charge in [0, 0.05) is 23.8 Å². The molecule has 1 atom stereocenters. The number of anilines is 1. The van der Waals surface area contributed by atoms with Crippen molar-refractivity contribution >= 4 is 11.6 Å². The summed E-state index contributed by atoms with van der Waals surface area (Å²) in [5.74, 6) is -0.226. The van der Waals surface area contributed by atoms with E-state index in [0.717, 1.165) is 12.1 Å². The first-order valence-corrected chi connectivity index (χ1v) is 7.51. The highest BCUT2D eigenvalue weighted by atomic mass is 19.1. The third-order valence-electron chi connectivity index (χ3n) is 4.03. The first-order chi connectivity index (χ1) is 10.7. The van der Waals surface area contributed by atoms with E-state index in [0.29, 0.717) is 12.1 Å². The second kappa shape index (κ2) is 6.28. The molecule has 4 heteroatoms. The van der Waals surface area contributed by atoms with Gasteiger partial charge in [-0.3, -0.25) is 4.79 Å². The maximum Gasteiger partial charge on any atom is 0.241 e. The molecule has 1 aliphatic heterocycles. The molecule has 0 spiro atoms. The van der Waals surface area contributed by atoms with Crippen LogP contribution in [0.4, 0.5) is 10.1 Å². The Morgan fingerprint density at radius 3 is 2.77 bits per heavy atom. The molecule has 0 fully saturated rings. The minimum absolute atomic E-state index is 0.0220. The van der Waals surface area contributed by atoms with Crippen LogP contribution in [0.2, 0.25) is 0 Å². The molecular weight excluding hydrogens is 279 g/mol. The molecule has 22 heavy (non-hydrogen) atoms. The first kappa shape index (κ1) is 14.7. The van der Waals surface area contributed by atoms with Gasteiger partial charge in [0.05, 0.1) is 6.54 Å². The highest BCUT2D eigenvalue weighted by Crippen LogP contribution is 2.31. The summed E-state index contributed by atoms with van der Waals surface area (Å²) in [5, 5.41) is 3.04. The molecule has 1 aliphatic rings. The van der Waals surface area contributed by atoms with Crippen molar-refractivity contribution in [3.05, 3.63) is 65.5 Å². The Balaban J connectivity index is 1.62. The number of nitrogens with one attached hydrogen (secondary N) is 1. The van der Waals surface area contributed by atoms with Crippen molar-refractivity contribution in [2.24, 2.45) is 0 Å². The maximum absolute atomic E-state index is 13.5. The summed E-state index contributed by atoms with van der Waals surface area (Å²) >= 11 is 0. The Labute approximate surface area is 129 Å². The lowest BCUT2D eigenvalue weighted by molar-refractivity contribution is -0.118. The highest BCUT2D eigenvalue weighted by molar-refractivity contribution is 5.97. The molecular formula is C18H19FN2O. The van der Waals surface area contributed by atoms with Gasteiger partial charge in [0.15, 0.2) is 0 Å². The highest BCUT2D eigenvalue weighted by Gasteiger charge is 2.29. The summed E-state index contributed by atoms with van der Waals surface area (Å²) in [4.78, 5) is 14.3. The number of rotatable bonds is 4. The van der Waals surface area contributed by atoms with Crippen LogP contribution in [0, 0.1) is 5.82 Å². The van der Waals surface area contributed by atoms with Crippen LogP contribution in [0.5, 0.6) is 0 Å². The number of carbonyl (C=O) groups is 1. The number of benzene rings is 2. The molecule has 2 aromatic carbocycles. The lowest BCUT2D eigenvalue weighted by Gasteiger charge is -2.23. The number of halogens is 1. The quantitative estimate of drug-likeness (QED) is 0.941. The number of amides is 1. The fourth-order valence-electron chi connectivity index (χ4n) is 2.98. The zero-order valence-corrected chi connectivity index (χ0v) is 12.6. The van der Waals surface area contributed by atoms with Gasteiger partial charge in [-0.15, -0.1) is 0 Å². The zero-order chi connectivity index (χ0) is 15.5. The molecule has 0 radical (unpaired) electrons. The number of carbonyl (C=O) groups excluding carboxylic acids is 1. The van der Waals surface area contributed by atoms with Crippen LogP contribution < -0.4 is 10.2 Å². The van der Waals surface area contributed by atoms with Gasteiger partial charge in [-0.2, -0.15) is 0 Å². The molecule has 0 saturated carbocycles. The van der Waals surface area contributed by atoms with Crippen LogP contribution in [0.25, 0.3) is 0 Å². The Bertz CT molecular complexity index is 686. The Hall–Kier alpha value is -2.20. The van der Waals surface area contributed by atoms with Crippen LogP contribution >= 0.6 is 0 Å². The third kappa shape index (κ3) is 2.88. The molecule has 0 aliphatic carbocycles. The summed E-state index contributed by atoms with van der Waals surface area (Å²) in [6.07, 6.45) is 0.884. The molecule has 3 nitrogen and oxygen atoms in total. The molecule has 0 saturated heterocycles. The number of hydrogen-bond donors (Lipinski definition) is 1. The smallest absolute Gasteiger partial charge is 0.241 e. The van der Waals surface area contributed by atoms with Crippen molar-refractivity contribution < 1.29 is 9.18 Å². The van der Waals surface area contributed by atoms with Gasteiger partial charge in [-0.05, 0) is 31.0 Å². The third-order valence-corrected chi connectivity index (χ3v) is 4.03. The van der Waals surface area contributed by atoms with Crippen LogP contribution in [0.3, 0.4) is 0 Å². The van der Waals surface area contributed by atoms with Crippen molar-refractivity contribution in [3.8, 4) is 0 Å². The van der Waals surface area contributed by atoms with Gasteiger partial charge in [-0.1, -0.05) is 36.4 Å². The van der Waals surface area contributed by atoms with Crippen molar-refractivity contribution in [1.29, 1.82) is 0 Å². The molecule has 114 valence electrons. The van der Waals surface area contributed by atoms with Gasteiger partial charge in [0.1, 0.15) is 5.82 Å². The number of para-hydroxylation sites is 1. The van der Waals surface area contributed by atoms with E-state index in [1.807, 2.05) is 23.1 Å². The Kier molecular flexibility index (Phi) is 4.20. The van der Waals surface area contributed by atoms with Crippen LogP contribution in [-0.2, 0) is 17.8 Å². The van der Waals surface area contributed by atoms with Crippen molar-refractivity contribution in [2.75, 3.05) is 11.4 Å². The van der Waals surface area contributed by atoms with Crippen molar-refractivity contribution in [1.82, 2.24) is 5.32 Å². The summed E-state index contributed by atoms with van der Waals surface area (Å²) in [7, 11) is 0. The van der Waals surface area contributed by atoms with Gasteiger partial charge in [0.2, 0.25) is 5.91 Å². The van der Waals surface area contributed by atoms with Gasteiger partial charge in [0.25, 0.3) is 0 Å². The lowest BCUT2D eigenvalue weighted by atomic mass is 10.1. The summed E-state index contributed by atoms with van der Waals surface area (Å²) in [6, 6.07) is 14.8. The zero-order valence-electron chi connectivity index (χ0n) is 12.6. The number of nitrogens with zero attached hydrogens (tertiary/aromatic N) is 1. The van der Waals surface area contributed by atoms with Crippen LogP contribution in [0.1, 0.15) is 18.1 Å². The second-order valence-corrected chi connectivity index (χ2v) is 5.64. The predicted octanol–water partition coefficient (Wildman–Crippen LogP) is 2.89. The van der Waals surface area contributed by atoms with Gasteiger partial charge >= 0.3 is 0 Å². The van der Waals surface area contributed by atoms with E-state index in [9.17, 15) is 9.18 Å². The number of hydrogen-bond acceptors (Lipinski definition) is 2. The SMILES string of the molecule is CC1Cc2ccccc2N1C(=O)CNCc1ccccc1F. The van der Waals surface area contributed by atoms with E-state index < -0.39 is 0 Å². The predicted molar refractivity (Wildman–Crippen MR) is 85.2 cm³/mol. The first-order valence-electron chi connectivity index (χ1n) is 7.51. The van der Waals surface area contributed by atoms with E-state index in [2.05, 4.69) is 18.3 Å². The van der Waals surface area contributed by atoms with E-state index in [-0.39, 0.29) is 24.3 Å². The molecule has 1 N–H and O–H groups in total. The van der Waals surface area contributed by atoms with Gasteiger partial charge in [-0.25, -0.2) is 4.39 Å². The minimum Gasteiger partial charge on any atom is -0.308 e. The maximum atomic E-state index is 13.5. The second-order valence-electron chi connectivity index (χ2n) is 5.64. The van der Waals surface area contributed by atoms with E-state index in [1.54, 1.807) is 18.2 Å². The fourth-order valence-corrected chi connectivity index (χ4v) is 2.98. The Morgan fingerprint density at radius 2 is 1.95 bits per heavy atom. The molecule has 1 heterocycles. The summed E-state index contributed by atoms with van der Waals surface area (Å²) in [5.41, 5.74) is 2.77. The minimum atomic E-state index is -0.248.